The predicted octanol–water partition coefficient (Wildman–Crippen LogP) is 2.20. The summed E-state index contributed by atoms with van der Waals surface area (Å²) in [5.74, 6) is -3.14. The average Bonchev–Trinajstić information content (AvgIpc) is 2.55. The van der Waals surface area contributed by atoms with Crippen LogP contribution < -0.4 is 4.74 Å². The van der Waals surface area contributed by atoms with Gasteiger partial charge < -0.3 is 9.84 Å². The lowest BCUT2D eigenvalue weighted by Gasteiger charge is -2.21. The van der Waals surface area contributed by atoms with Crippen molar-refractivity contribution in [3.8, 4) is 5.75 Å². The lowest BCUT2D eigenvalue weighted by Crippen LogP contribution is -2.38. The molecule has 0 saturated heterocycles. The summed E-state index contributed by atoms with van der Waals surface area (Å²) in [6.45, 7) is 1.39. The minimum atomic E-state index is -1.28. The zero-order valence-electron chi connectivity index (χ0n) is 13.2. The number of halogens is 1. The Hall–Kier alpha value is -2.93. The van der Waals surface area contributed by atoms with E-state index in [1.165, 1.54) is 24.3 Å². The van der Waals surface area contributed by atoms with Crippen LogP contribution in [0.25, 0.3) is 6.08 Å². The molecule has 25 heavy (non-hydrogen) atoms. The molecular formula is C17H14ClNO6. The van der Waals surface area contributed by atoms with Crippen LogP contribution in [0.1, 0.15) is 29.3 Å². The molecule has 1 aliphatic heterocycles. The van der Waals surface area contributed by atoms with E-state index >= 15 is 0 Å². The summed E-state index contributed by atoms with van der Waals surface area (Å²) in [4.78, 5) is 47.2. The molecular weight excluding hydrogens is 350 g/mol. The Morgan fingerprint density at radius 3 is 2.68 bits per heavy atom. The van der Waals surface area contributed by atoms with Gasteiger partial charge in [0.25, 0.3) is 11.8 Å². The highest BCUT2D eigenvalue weighted by Crippen LogP contribution is 2.22. The first kappa shape index (κ1) is 18.4. The van der Waals surface area contributed by atoms with Gasteiger partial charge in [-0.3, -0.25) is 19.3 Å². The molecule has 2 rings (SSSR count). The van der Waals surface area contributed by atoms with E-state index in [9.17, 15) is 24.3 Å². The maximum Gasteiger partial charge on any atom is 0.339 e. The molecule has 8 heteroatoms. The number of hydrogen-bond donors (Lipinski definition) is 1. The lowest BCUT2D eigenvalue weighted by molar-refractivity contribution is -0.139. The van der Waals surface area contributed by atoms with E-state index in [2.05, 4.69) is 0 Å². The van der Waals surface area contributed by atoms with Crippen molar-refractivity contribution < 1.29 is 29.0 Å². The van der Waals surface area contributed by atoms with E-state index in [4.69, 9.17) is 16.3 Å². The number of benzene rings is 1. The number of carboxylic acid groups (broad SMARTS) is 1. The molecule has 0 aliphatic carbocycles. The van der Waals surface area contributed by atoms with Gasteiger partial charge in [0, 0.05) is 19.5 Å². The second kappa shape index (κ2) is 7.76. The molecule has 1 N–H and O–H groups in total. The van der Waals surface area contributed by atoms with Gasteiger partial charge in [-0.15, -0.1) is 0 Å². The molecule has 0 fully saturated rings. The van der Waals surface area contributed by atoms with E-state index in [-0.39, 0.29) is 22.9 Å². The minimum absolute atomic E-state index is 0.00750. The third-order valence-electron chi connectivity index (χ3n) is 3.30. The van der Waals surface area contributed by atoms with Gasteiger partial charge in [-0.25, -0.2) is 4.79 Å². The molecule has 1 aliphatic rings. The van der Waals surface area contributed by atoms with E-state index in [1.807, 2.05) is 0 Å². The number of esters is 1. The van der Waals surface area contributed by atoms with Gasteiger partial charge >= 0.3 is 11.9 Å². The zero-order valence-corrected chi connectivity index (χ0v) is 13.9. The van der Waals surface area contributed by atoms with E-state index in [0.29, 0.717) is 12.0 Å². The molecule has 130 valence electrons. The fourth-order valence-electron chi connectivity index (χ4n) is 2.17. The SMILES string of the molecule is CC(=O)Oc1ccc(/C=C/C(=O)N2CCC=C(Cl)C2=O)cc1C(=O)O. The highest BCUT2D eigenvalue weighted by molar-refractivity contribution is 6.43. The number of aromatic carboxylic acids is 1. The molecule has 0 unspecified atom stereocenters. The van der Waals surface area contributed by atoms with Crippen LogP contribution in [-0.2, 0) is 14.4 Å². The Morgan fingerprint density at radius 1 is 1.32 bits per heavy atom. The third-order valence-corrected chi connectivity index (χ3v) is 3.61. The first-order valence-electron chi connectivity index (χ1n) is 7.25. The van der Waals surface area contributed by atoms with Crippen LogP contribution in [0, 0.1) is 0 Å². The quantitative estimate of drug-likeness (QED) is 0.500. The van der Waals surface area contributed by atoms with Gasteiger partial charge in [-0.05, 0) is 30.2 Å². The molecule has 0 radical (unpaired) electrons. The standard InChI is InChI=1S/C17H14ClNO6/c1-10(20)25-14-6-4-11(9-12(14)17(23)24)5-7-15(21)19-8-2-3-13(18)16(19)22/h3-7,9H,2,8H2,1H3,(H,23,24)/b7-5+. The fraction of sp³-hybridized carbons (Fsp3) is 0.176. The van der Waals surface area contributed by atoms with Gasteiger partial charge in [0.2, 0.25) is 0 Å². The third kappa shape index (κ3) is 4.54. The second-order valence-corrected chi connectivity index (χ2v) is 5.53. The van der Waals surface area contributed by atoms with Gasteiger partial charge in [0.15, 0.2) is 0 Å². The van der Waals surface area contributed by atoms with E-state index < -0.39 is 23.8 Å². The summed E-state index contributed by atoms with van der Waals surface area (Å²) in [5.41, 5.74) is 0.178. The maximum atomic E-state index is 12.1. The lowest BCUT2D eigenvalue weighted by atomic mass is 10.1. The largest absolute Gasteiger partial charge is 0.478 e. The summed E-state index contributed by atoms with van der Waals surface area (Å²) < 4.78 is 4.82. The summed E-state index contributed by atoms with van der Waals surface area (Å²) in [5, 5.41) is 9.18. The van der Waals surface area contributed by atoms with Gasteiger partial charge in [0.1, 0.15) is 16.3 Å². The van der Waals surface area contributed by atoms with Crippen LogP contribution in [-0.4, -0.2) is 40.3 Å². The number of ether oxygens (including phenoxy) is 1. The zero-order chi connectivity index (χ0) is 18.6. The van der Waals surface area contributed by atoms with Crippen LogP contribution in [0.4, 0.5) is 0 Å². The Labute approximate surface area is 148 Å². The molecule has 2 amide bonds. The first-order valence-corrected chi connectivity index (χ1v) is 7.62. The molecule has 7 nitrogen and oxygen atoms in total. The number of amides is 2. The van der Waals surface area contributed by atoms with Crippen molar-refractivity contribution in [1.29, 1.82) is 0 Å². The highest BCUT2D eigenvalue weighted by Gasteiger charge is 2.24. The Bertz CT molecular complexity index is 811. The molecule has 1 aromatic rings. The van der Waals surface area contributed by atoms with Gasteiger partial charge in [0.05, 0.1) is 0 Å². The molecule has 0 atom stereocenters. The summed E-state index contributed by atoms with van der Waals surface area (Å²) in [6.07, 6.45) is 4.54. The molecule has 0 aromatic heterocycles. The Kier molecular flexibility index (Phi) is 5.71. The van der Waals surface area contributed by atoms with Crippen LogP contribution in [0.15, 0.2) is 35.4 Å². The number of carboxylic acids is 1. The van der Waals surface area contributed by atoms with Crippen molar-refractivity contribution in [2.24, 2.45) is 0 Å². The van der Waals surface area contributed by atoms with Crippen LogP contribution >= 0.6 is 11.6 Å². The minimum Gasteiger partial charge on any atom is -0.478 e. The van der Waals surface area contributed by atoms with Crippen LogP contribution in [0.2, 0.25) is 0 Å². The van der Waals surface area contributed by atoms with Gasteiger partial charge in [-0.2, -0.15) is 0 Å². The highest BCUT2D eigenvalue weighted by atomic mass is 35.5. The van der Waals surface area contributed by atoms with Crippen molar-refractivity contribution >= 4 is 41.4 Å². The van der Waals surface area contributed by atoms with Crippen molar-refractivity contribution in [2.45, 2.75) is 13.3 Å². The normalized spacial score (nSPS) is 14.4. The maximum absolute atomic E-state index is 12.1. The molecule has 1 heterocycles. The number of rotatable bonds is 4. The van der Waals surface area contributed by atoms with Crippen molar-refractivity contribution in [3.05, 3.63) is 46.5 Å². The van der Waals surface area contributed by atoms with Crippen LogP contribution in [0.3, 0.4) is 0 Å². The summed E-state index contributed by atoms with van der Waals surface area (Å²) >= 11 is 5.72. The summed E-state index contributed by atoms with van der Waals surface area (Å²) in [6, 6.07) is 4.06. The fourth-order valence-corrected chi connectivity index (χ4v) is 2.38. The average molecular weight is 364 g/mol. The Morgan fingerprint density at radius 2 is 2.04 bits per heavy atom. The van der Waals surface area contributed by atoms with Gasteiger partial charge in [-0.1, -0.05) is 23.7 Å². The van der Waals surface area contributed by atoms with Crippen molar-refractivity contribution in [2.75, 3.05) is 6.54 Å². The molecule has 0 saturated carbocycles. The predicted molar refractivity (Wildman–Crippen MR) is 89.0 cm³/mol. The molecule has 0 bridgehead atoms. The number of imide groups is 1. The first-order chi connectivity index (χ1) is 11.8. The monoisotopic (exact) mass is 363 g/mol. The number of nitrogens with zero attached hydrogens (tertiary/aromatic N) is 1. The summed E-state index contributed by atoms with van der Waals surface area (Å²) in [7, 11) is 0. The van der Waals surface area contributed by atoms with E-state index in [0.717, 1.165) is 17.9 Å². The van der Waals surface area contributed by atoms with Crippen LogP contribution in [0.5, 0.6) is 5.75 Å². The second-order valence-electron chi connectivity index (χ2n) is 5.12. The molecule has 1 aromatic carbocycles. The topological polar surface area (TPSA) is 101 Å². The Balaban J connectivity index is 2.20. The number of carbonyl (C=O) groups is 4. The number of hydrogen-bond acceptors (Lipinski definition) is 5. The smallest absolute Gasteiger partial charge is 0.339 e. The number of carbonyl (C=O) groups excluding carboxylic acids is 3. The van der Waals surface area contributed by atoms with Crippen molar-refractivity contribution in [1.82, 2.24) is 4.90 Å². The molecule has 0 spiro atoms. The van der Waals surface area contributed by atoms with Crippen molar-refractivity contribution in [3.63, 3.8) is 0 Å². The van der Waals surface area contributed by atoms with E-state index in [1.54, 1.807) is 6.08 Å².